The first-order chi connectivity index (χ1) is 21.3. The molecule has 45 heavy (non-hydrogen) atoms. The monoisotopic (exact) mass is 633 g/mol. The van der Waals surface area contributed by atoms with Crippen LogP contribution in [-0.2, 0) is 5.54 Å². The van der Waals surface area contributed by atoms with E-state index in [2.05, 4.69) is 57.9 Å². The highest BCUT2D eigenvalue weighted by Gasteiger charge is 2.66. The summed E-state index contributed by atoms with van der Waals surface area (Å²) in [6.07, 6.45) is 1.79. The van der Waals surface area contributed by atoms with E-state index in [1.165, 1.54) is 12.4 Å². The van der Waals surface area contributed by atoms with Gasteiger partial charge in [-0.05, 0) is 60.6 Å². The lowest BCUT2D eigenvalue weighted by molar-refractivity contribution is -0.182. The van der Waals surface area contributed by atoms with E-state index in [1.807, 2.05) is 43.5 Å². The van der Waals surface area contributed by atoms with Gasteiger partial charge in [0.15, 0.2) is 5.54 Å². The molecule has 0 unspecified atom stereocenters. The van der Waals surface area contributed by atoms with Crippen molar-refractivity contribution in [1.29, 1.82) is 5.26 Å². The molecule has 13 heteroatoms. The van der Waals surface area contributed by atoms with Gasteiger partial charge in [-0.25, -0.2) is 9.36 Å². The van der Waals surface area contributed by atoms with Gasteiger partial charge in [0.25, 0.3) is 0 Å². The number of halogens is 4. The molecule has 1 atom stereocenters. The van der Waals surface area contributed by atoms with E-state index in [1.54, 1.807) is 16.9 Å². The molecule has 1 aliphatic carbocycles. The van der Waals surface area contributed by atoms with Gasteiger partial charge < -0.3 is 10.6 Å². The maximum atomic E-state index is 14.0. The molecule has 2 aromatic carbocycles. The summed E-state index contributed by atoms with van der Waals surface area (Å²) < 4.78 is 44.7. The van der Waals surface area contributed by atoms with Crippen LogP contribution in [0.1, 0.15) is 62.0 Å². The Bertz CT molecular complexity index is 1910. The van der Waals surface area contributed by atoms with E-state index in [0.717, 1.165) is 21.5 Å². The number of fused-ring (bicyclic) bond motifs is 1. The topological polar surface area (TPSA) is 109 Å². The van der Waals surface area contributed by atoms with Crippen molar-refractivity contribution >= 4 is 33.9 Å². The Kier molecular flexibility index (Phi) is 7.48. The van der Waals surface area contributed by atoms with Crippen LogP contribution in [0, 0.1) is 23.7 Å². The molecule has 0 amide bonds. The molecule has 1 fully saturated rings. The van der Waals surface area contributed by atoms with E-state index in [0.29, 0.717) is 45.1 Å². The molecule has 0 bridgehead atoms. The van der Waals surface area contributed by atoms with Gasteiger partial charge in [-0.2, -0.15) is 23.5 Å². The number of anilines is 2. The molecule has 6 rings (SSSR count). The summed E-state index contributed by atoms with van der Waals surface area (Å²) in [6.45, 7) is 8.75. The van der Waals surface area contributed by atoms with Crippen molar-refractivity contribution in [3.8, 4) is 11.8 Å². The lowest BCUT2D eigenvalue weighted by Gasteiger charge is -2.24. The summed E-state index contributed by atoms with van der Waals surface area (Å²) in [4.78, 5) is 4.44. The van der Waals surface area contributed by atoms with Crippen LogP contribution in [0.2, 0.25) is 5.02 Å². The molecule has 0 aliphatic heterocycles. The summed E-state index contributed by atoms with van der Waals surface area (Å²) in [5, 5.41) is 30.3. The number of benzene rings is 2. The lowest BCUT2D eigenvalue weighted by atomic mass is 9.96. The molecular formula is C32H31ClF3N9. The van der Waals surface area contributed by atoms with Gasteiger partial charge in [0.05, 0.1) is 39.7 Å². The predicted molar refractivity (Wildman–Crippen MR) is 166 cm³/mol. The maximum Gasteiger partial charge on any atom is 0.413 e. The van der Waals surface area contributed by atoms with Crippen LogP contribution in [0.25, 0.3) is 16.6 Å². The largest absolute Gasteiger partial charge is 0.413 e. The highest BCUT2D eigenvalue weighted by atomic mass is 35.5. The Morgan fingerprint density at radius 3 is 2.58 bits per heavy atom. The van der Waals surface area contributed by atoms with E-state index in [9.17, 15) is 18.4 Å². The van der Waals surface area contributed by atoms with Gasteiger partial charge in [-0.1, -0.05) is 49.7 Å². The molecule has 1 saturated carbocycles. The number of hydrogen-bond donors (Lipinski definition) is 2. The molecule has 3 heterocycles. The Morgan fingerprint density at radius 2 is 1.93 bits per heavy atom. The summed E-state index contributed by atoms with van der Waals surface area (Å²) in [6, 6.07) is 12.5. The molecule has 0 spiro atoms. The third-order valence-electron chi connectivity index (χ3n) is 8.06. The average molecular weight is 634 g/mol. The van der Waals surface area contributed by atoms with Crippen molar-refractivity contribution < 1.29 is 13.2 Å². The van der Waals surface area contributed by atoms with E-state index in [4.69, 9.17) is 11.6 Å². The van der Waals surface area contributed by atoms with Gasteiger partial charge in [0.2, 0.25) is 0 Å². The average Bonchev–Trinajstić information content (AvgIpc) is 3.38. The molecule has 0 radical (unpaired) electrons. The third kappa shape index (κ3) is 5.68. The van der Waals surface area contributed by atoms with Crippen molar-refractivity contribution in [3.63, 3.8) is 0 Å². The zero-order valence-corrected chi connectivity index (χ0v) is 25.9. The maximum absolute atomic E-state index is 14.0. The standard InChI is InChI=1S/C32H31ClF3N9/c1-19-22(7-5-8-26(19)44-12-6-11-40-44)29(25-17-45(43-42-25)31(9-10-31)32(34,35)36)41-21-13-23-27(39-18-30(2,3)4)20(15-37)16-38-28(23)24(33)14-21/h5-8,11-14,16-17,29,41H,9-10,18H2,1-4H3,(H,38,39)/t29-/m0/s1. The van der Waals surface area contributed by atoms with Crippen LogP contribution >= 0.6 is 11.6 Å². The van der Waals surface area contributed by atoms with E-state index < -0.39 is 17.8 Å². The van der Waals surface area contributed by atoms with E-state index in [-0.39, 0.29) is 18.3 Å². The van der Waals surface area contributed by atoms with Gasteiger partial charge in [-0.15, -0.1) is 5.10 Å². The quantitative estimate of drug-likeness (QED) is 0.181. The number of nitrogens with one attached hydrogen (secondary N) is 2. The number of alkyl halides is 3. The Hall–Kier alpha value is -4.63. The van der Waals surface area contributed by atoms with Crippen molar-refractivity contribution in [2.24, 2.45) is 5.41 Å². The first-order valence-corrected chi connectivity index (χ1v) is 14.8. The van der Waals surface area contributed by atoms with Gasteiger partial charge in [0.1, 0.15) is 11.8 Å². The van der Waals surface area contributed by atoms with E-state index >= 15 is 0 Å². The molecule has 0 saturated heterocycles. The van der Waals surface area contributed by atoms with Gasteiger partial charge >= 0.3 is 6.18 Å². The second kappa shape index (κ2) is 11.1. The second-order valence-electron chi connectivity index (χ2n) is 12.6. The molecule has 3 aromatic heterocycles. The Morgan fingerprint density at radius 1 is 1.16 bits per heavy atom. The fourth-order valence-electron chi connectivity index (χ4n) is 5.44. The minimum absolute atomic E-state index is 0.0515. The van der Waals surface area contributed by atoms with Crippen LogP contribution in [0.15, 0.2) is 61.2 Å². The van der Waals surface area contributed by atoms with Gasteiger partial charge in [0, 0.05) is 36.2 Å². The van der Waals surface area contributed by atoms with Crippen molar-refractivity contribution in [1.82, 2.24) is 29.8 Å². The highest BCUT2D eigenvalue weighted by molar-refractivity contribution is 6.35. The fraction of sp³-hybridized carbons (Fsp3) is 0.344. The number of aromatic nitrogens is 6. The zero-order chi connectivity index (χ0) is 32.1. The van der Waals surface area contributed by atoms with Crippen LogP contribution in [-0.4, -0.2) is 42.5 Å². The summed E-state index contributed by atoms with van der Waals surface area (Å²) in [7, 11) is 0. The molecule has 9 nitrogen and oxygen atoms in total. The SMILES string of the molecule is Cc1c([C@H](Nc2cc(Cl)c3ncc(C#N)c(NCC(C)(C)C)c3c2)c2cn(C3(C(F)(F)F)CC3)nn2)cccc1-n1cccn1. The first kappa shape index (κ1) is 30.4. The molecule has 5 aromatic rings. The minimum Gasteiger partial charge on any atom is -0.383 e. The Labute approximate surface area is 263 Å². The smallest absolute Gasteiger partial charge is 0.383 e. The fourth-order valence-corrected chi connectivity index (χ4v) is 5.71. The predicted octanol–water partition coefficient (Wildman–Crippen LogP) is 7.56. The highest BCUT2D eigenvalue weighted by Crippen LogP contribution is 2.55. The number of rotatable bonds is 8. The number of pyridine rings is 1. The third-order valence-corrected chi connectivity index (χ3v) is 8.35. The first-order valence-electron chi connectivity index (χ1n) is 14.4. The van der Waals surface area contributed by atoms with Gasteiger partial charge in [-0.3, -0.25) is 4.98 Å². The normalized spacial score (nSPS) is 15.1. The Balaban J connectivity index is 1.48. The van der Waals surface area contributed by atoms with Crippen LogP contribution in [0.3, 0.4) is 0 Å². The van der Waals surface area contributed by atoms with Crippen molar-refractivity contribution in [3.05, 3.63) is 88.6 Å². The second-order valence-corrected chi connectivity index (χ2v) is 13.0. The van der Waals surface area contributed by atoms with Crippen molar-refractivity contribution in [2.75, 3.05) is 17.2 Å². The summed E-state index contributed by atoms with van der Waals surface area (Å²) >= 11 is 6.76. The molecule has 232 valence electrons. The summed E-state index contributed by atoms with van der Waals surface area (Å²) in [5.41, 5.74) is 2.63. The van der Waals surface area contributed by atoms with Crippen LogP contribution in [0.5, 0.6) is 0 Å². The molecular weight excluding hydrogens is 603 g/mol. The van der Waals surface area contributed by atoms with Crippen LogP contribution in [0.4, 0.5) is 24.5 Å². The number of nitrogens with zero attached hydrogens (tertiary/aromatic N) is 7. The van der Waals surface area contributed by atoms with Crippen molar-refractivity contribution in [2.45, 2.75) is 58.3 Å². The molecule has 1 aliphatic rings. The number of nitriles is 1. The summed E-state index contributed by atoms with van der Waals surface area (Å²) in [5.74, 6) is 0. The molecule has 2 N–H and O–H groups in total. The number of hydrogen-bond acceptors (Lipinski definition) is 7. The lowest BCUT2D eigenvalue weighted by Crippen LogP contribution is -2.35. The van der Waals surface area contributed by atoms with Crippen LogP contribution < -0.4 is 10.6 Å². The minimum atomic E-state index is -4.45. The zero-order valence-electron chi connectivity index (χ0n) is 25.1.